The molecular formula is C30H22F2N2S4. The first-order valence-electron chi connectivity index (χ1n) is 12.5. The number of thiophene rings is 3. The number of aromatic nitrogens is 2. The van der Waals surface area contributed by atoms with Gasteiger partial charge in [0, 0.05) is 45.5 Å². The second kappa shape index (κ2) is 7.16. The van der Waals surface area contributed by atoms with Crippen LogP contribution >= 0.6 is 45.7 Å². The number of halogens is 2. The Morgan fingerprint density at radius 3 is 2.24 bits per heavy atom. The van der Waals surface area contributed by atoms with E-state index in [1.807, 2.05) is 22.7 Å². The summed E-state index contributed by atoms with van der Waals surface area (Å²) in [6, 6.07) is 9.03. The lowest BCUT2D eigenvalue weighted by Crippen LogP contribution is -2.16. The number of hydrogen-bond acceptors (Lipinski definition) is 6. The highest BCUT2D eigenvalue weighted by molar-refractivity contribution is 7.28. The number of nitrogens with zero attached hydrogens (tertiary/aromatic N) is 2. The molecule has 2 aliphatic carbocycles. The molecule has 2 aromatic carbocycles. The molecule has 0 amide bonds. The summed E-state index contributed by atoms with van der Waals surface area (Å²) in [6.07, 6.45) is 0. The smallest absolute Gasteiger partial charge is 0.170 e. The van der Waals surface area contributed by atoms with Crippen LogP contribution in [0, 0.1) is 25.5 Å². The maximum Gasteiger partial charge on any atom is 0.170 e. The van der Waals surface area contributed by atoms with Gasteiger partial charge in [-0.25, -0.2) is 8.78 Å². The highest BCUT2D eigenvalue weighted by Crippen LogP contribution is 2.63. The van der Waals surface area contributed by atoms with Crippen molar-refractivity contribution in [2.24, 2.45) is 0 Å². The van der Waals surface area contributed by atoms with Crippen LogP contribution in [-0.4, -0.2) is 8.75 Å². The lowest BCUT2D eigenvalue weighted by Gasteiger charge is -2.23. The molecule has 4 aromatic heterocycles. The predicted octanol–water partition coefficient (Wildman–Crippen LogP) is 10.2. The summed E-state index contributed by atoms with van der Waals surface area (Å²) >= 11 is 6.29. The minimum Gasteiger partial charge on any atom is -0.203 e. The van der Waals surface area contributed by atoms with Crippen molar-refractivity contribution < 1.29 is 8.78 Å². The Labute approximate surface area is 234 Å². The van der Waals surface area contributed by atoms with Gasteiger partial charge in [0.05, 0.1) is 17.3 Å². The average Bonchev–Trinajstić information content (AvgIpc) is 3.67. The van der Waals surface area contributed by atoms with Crippen molar-refractivity contribution in [1.29, 1.82) is 0 Å². The van der Waals surface area contributed by atoms with Crippen molar-refractivity contribution in [2.75, 3.05) is 0 Å². The number of rotatable bonds is 1. The fourth-order valence-electron chi connectivity index (χ4n) is 6.65. The van der Waals surface area contributed by atoms with Crippen molar-refractivity contribution in [1.82, 2.24) is 8.75 Å². The molecule has 8 rings (SSSR count). The maximum absolute atomic E-state index is 15.4. The van der Waals surface area contributed by atoms with Crippen LogP contribution in [0.2, 0.25) is 0 Å². The van der Waals surface area contributed by atoms with Crippen LogP contribution in [0.5, 0.6) is 0 Å². The molecule has 0 fully saturated rings. The van der Waals surface area contributed by atoms with E-state index in [0.717, 1.165) is 16.6 Å². The zero-order valence-electron chi connectivity index (χ0n) is 21.6. The Kier molecular flexibility index (Phi) is 4.40. The lowest BCUT2D eigenvalue weighted by atomic mass is 9.79. The van der Waals surface area contributed by atoms with Gasteiger partial charge in [-0.2, -0.15) is 8.75 Å². The molecular weight excluding hydrogens is 555 g/mol. The van der Waals surface area contributed by atoms with E-state index >= 15 is 4.39 Å². The lowest BCUT2D eigenvalue weighted by molar-refractivity contribution is 0.508. The second-order valence-corrected chi connectivity index (χ2v) is 15.3. The molecule has 0 radical (unpaired) electrons. The first-order chi connectivity index (χ1) is 18.0. The average molecular weight is 577 g/mol. The van der Waals surface area contributed by atoms with Gasteiger partial charge in [-0.15, -0.1) is 34.0 Å². The van der Waals surface area contributed by atoms with Crippen LogP contribution in [0.15, 0.2) is 24.3 Å². The summed E-state index contributed by atoms with van der Waals surface area (Å²) in [4.78, 5) is 5.88. The van der Waals surface area contributed by atoms with Gasteiger partial charge >= 0.3 is 0 Å². The Morgan fingerprint density at radius 1 is 0.737 bits per heavy atom. The van der Waals surface area contributed by atoms with Gasteiger partial charge in [-0.1, -0.05) is 39.8 Å². The van der Waals surface area contributed by atoms with Gasteiger partial charge < -0.3 is 0 Å². The van der Waals surface area contributed by atoms with Gasteiger partial charge in [0.25, 0.3) is 0 Å². The number of hydrogen-bond donors (Lipinski definition) is 0. The summed E-state index contributed by atoms with van der Waals surface area (Å²) in [5.74, 6) is -1.67. The molecule has 190 valence electrons. The van der Waals surface area contributed by atoms with Gasteiger partial charge in [0.1, 0.15) is 11.0 Å². The fourth-order valence-corrected chi connectivity index (χ4v) is 11.6. The van der Waals surface area contributed by atoms with Crippen molar-refractivity contribution in [3.05, 3.63) is 68.6 Å². The maximum atomic E-state index is 15.4. The molecule has 0 saturated heterocycles. The van der Waals surface area contributed by atoms with E-state index in [1.54, 1.807) is 18.3 Å². The highest BCUT2D eigenvalue weighted by Gasteiger charge is 2.44. The molecule has 6 aromatic rings. The van der Waals surface area contributed by atoms with E-state index in [9.17, 15) is 4.39 Å². The van der Waals surface area contributed by atoms with Crippen molar-refractivity contribution in [3.8, 4) is 30.6 Å². The van der Waals surface area contributed by atoms with Crippen LogP contribution < -0.4 is 0 Å². The zero-order valence-corrected chi connectivity index (χ0v) is 24.9. The third-order valence-corrected chi connectivity index (χ3v) is 12.7. The van der Waals surface area contributed by atoms with Crippen LogP contribution in [-0.2, 0) is 10.8 Å². The molecule has 2 nitrogen and oxygen atoms in total. The largest absolute Gasteiger partial charge is 0.203 e. The first-order valence-corrected chi connectivity index (χ1v) is 15.7. The van der Waals surface area contributed by atoms with Gasteiger partial charge in [0.15, 0.2) is 11.6 Å². The summed E-state index contributed by atoms with van der Waals surface area (Å²) in [6.45, 7) is 12.9. The second-order valence-electron chi connectivity index (χ2n) is 11.5. The zero-order chi connectivity index (χ0) is 26.5. The standard InChI is InChI=1S/C30H22F2N2S4/c1-11-9-15-25(35-11)13-7-8-14-20-28(37-26(14)19(13)29(15,3)4)27-16(30(20,5)6)10-17(36-27)18-22(32)21(31)12(2)23-24(18)34-38-33-23/h7-10H,1-6H3. The molecule has 0 saturated carbocycles. The Bertz CT molecular complexity index is 2030. The Balaban J connectivity index is 1.39. The number of aryl methyl sites for hydroxylation is 2. The topological polar surface area (TPSA) is 25.8 Å². The van der Waals surface area contributed by atoms with Crippen LogP contribution in [0.3, 0.4) is 0 Å². The fraction of sp³-hybridized carbons (Fsp3) is 0.267. The van der Waals surface area contributed by atoms with Crippen molar-refractivity contribution >= 4 is 66.9 Å². The van der Waals surface area contributed by atoms with E-state index in [4.69, 9.17) is 0 Å². The van der Waals surface area contributed by atoms with Crippen LogP contribution in [0.1, 0.15) is 60.4 Å². The van der Waals surface area contributed by atoms with E-state index in [0.29, 0.717) is 15.9 Å². The molecule has 0 atom stereocenters. The molecule has 8 heteroatoms. The first kappa shape index (κ1) is 23.4. The summed E-state index contributed by atoms with van der Waals surface area (Å²) in [5, 5.41) is 1.32. The quantitative estimate of drug-likeness (QED) is 0.195. The molecule has 0 unspecified atom stereocenters. The van der Waals surface area contributed by atoms with E-state index in [1.165, 1.54) is 52.5 Å². The van der Waals surface area contributed by atoms with Crippen molar-refractivity contribution in [2.45, 2.75) is 52.4 Å². The summed E-state index contributed by atoms with van der Waals surface area (Å²) < 4.78 is 40.3. The summed E-state index contributed by atoms with van der Waals surface area (Å²) in [7, 11) is 0. The molecule has 0 spiro atoms. The number of fused-ring (bicyclic) bond motifs is 10. The summed E-state index contributed by atoms with van der Waals surface area (Å²) in [5.41, 5.74) is 7.75. The minimum absolute atomic E-state index is 0.0626. The Hall–Kier alpha value is -2.52. The van der Waals surface area contributed by atoms with Crippen molar-refractivity contribution in [3.63, 3.8) is 0 Å². The number of benzene rings is 2. The predicted molar refractivity (Wildman–Crippen MR) is 159 cm³/mol. The third-order valence-electron chi connectivity index (χ3n) is 8.56. The van der Waals surface area contributed by atoms with E-state index < -0.39 is 11.6 Å². The van der Waals surface area contributed by atoms with Gasteiger partial charge in [0.2, 0.25) is 0 Å². The minimum atomic E-state index is -0.837. The third kappa shape index (κ3) is 2.60. The molecule has 0 aliphatic heterocycles. The van der Waals surface area contributed by atoms with Crippen LogP contribution in [0.25, 0.3) is 51.8 Å². The molecule has 38 heavy (non-hydrogen) atoms. The highest BCUT2D eigenvalue weighted by atomic mass is 32.1. The molecule has 4 heterocycles. The van der Waals surface area contributed by atoms with Gasteiger partial charge in [-0.3, -0.25) is 0 Å². The van der Waals surface area contributed by atoms with Crippen LogP contribution in [0.4, 0.5) is 8.78 Å². The molecule has 0 bridgehead atoms. The normalized spacial score (nSPS) is 16.3. The van der Waals surface area contributed by atoms with Gasteiger partial charge in [-0.05, 0) is 59.2 Å². The molecule has 2 aliphatic rings. The Morgan fingerprint density at radius 2 is 1.45 bits per heavy atom. The van der Waals surface area contributed by atoms with E-state index in [2.05, 4.69) is 67.6 Å². The van der Waals surface area contributed by atoms with E-state index in [-0.39, 0.29) is 22.0 Å². The molecule has 0 N–H and O–H groups in total. The SMILES string of the molecule is Cc1cc2c(s1)-c1ccc3c4c(sc3c1C2(C)C)-c1sc(-c2c(F)c(F)c(C)c3nsnc23)cc1C4(C)C. The monoisotopic (exact) mass is 576 g/mol.